The molecule has 1 unspecified atom stereocenters. The summed E-state index contributed by atoms with van der Waals surface area (Å²) in [7, 11) is 0. The Morgan fingerprint density at radius 2 is 1.67 bits per heavy atom. The van der Waals surface area contributed by atoms with Gasteiger partial charge in [-0.05, 0) is 6.92 Å². The number of rotatable bonds is 0. The first kappa shape index (κ1) is 15.7. The van der Waals surface area contributed by atoms with E-state index in [1.54, 1.807) is 0 Å². The van der Waals surface area contributed by atoms with E-state index in [0.717, 1.165) is 0 Å². The molecule has 0 aromatic carbocycles. The first-order valence-corrected chi connectivity index (χ1v) is 1.17. The summed E-state index contributed by atoms with van der Waals surface area (Å²) >= 11 is 0. The Kier molecular flexibility index (Phi) is 24.9. The number of hydrogen-bond donors (Lipinski definition) is 2. The van der Waals surface area contributed by atoms with Crippen molar-refractivity contribution in [2.24, 2.45) is 5.73 Å². The van der Waals surface area contributed by atoms with Crippen LogP contribution in [0.2, 0.25) is 0 Å². The van der Waals surface area contributed by atoms with E-state index in [-0.39, 0.29) is 42.0 Å². The van der Waals surface area contributed by atoms with Crippen LogP contribution in [0.5, 0.6) is 0 Å². The summed E-state index contributed by atoms with van der Waals surface area (Å²) in [6.07, 6.45) is -0.667. The Hall–Kier alpha value is 1.21. The van der Waals surface area contributed by atoms with Gasteiger partial charge in [0.25, 0.3) is 0 Å². The van der Waals surface area contributed by atoms with Crippen LogP contribution in [-0.4, -0.2) is 40.9 Å². The number of aliphatic hydroxyl groups excluding tert-OH is 1. The summed E-state index contributed by atoms with van der Waals surface area (Å²) in [4.78, 5) is 0. The molecular formula is C2H9ClNNaO. The van der Waals surface area contributed by atoms with Gasteiger partial charge in [0.1, 0.15) is 0 Å². The summed E-state index contributed by atoms with van der Waals surface area (Å²) < 4.78 is 0. The summed E-state index contributed by atoms with van der Waals surface area (Å²) in [6, 6.07) is 0. The molecule has 0 bridgehead atoms. The zero-order chi connectivity index (χ0) is 3.58. The Labute approximate surface area is 65.8 Å². The van der Waals surface area contributed by atoms with Crippen LogP contribution in [-0.2, 0) is 0 Å². The van der Waals surface area contributed by atoms with Crippen LogP contribution in [0.1, 0.15) is 6.92 Å². The molecule has 0 aliphatic heterocycles. The van der Waals surface area contributed by atoms with Crippen LogP contribution in [0.4, 0.5) is 0 Å². The van der Waals surface area contributed by atoms with Crippen molar-refractivity contribution in [2.75, 3.05) is 0 Å². The van der Waals surface area contributed by atoms with Gasteiger partial charge in [-0.25, -0.2) is 0 Å². The Morgan fingerprint density at radius 3 is 1.67 bits per heavy atom. The van der Waals surface area contributed by atoms with Crippen LogP contribution in [0.25, 0.3) is 0 Å². The van der Waals surface area contributed by atoms with E-state index in [4.69, 9.17) is 5.11 Å². The van der Waals surface area contributed by atoms with Gasteiger partial charge in [-0.2, -0.15) is 0 Å². The molecular weight excluding hydrogens is 112 g/mol. The summed E-state index contributed by atoms with van der Waals surface area (Å²) in [5.41, 5.74) is 4.67. The predicted molar refractivity (Wildman–Crippen MR) is 30.3 cm³/mol. The van der Waals surface area contributed by atoms with Crippen molar-refractivity contribution < 1.29 is 5.11 Å². The quantitative estimate of drug-likeness (QED) is 0.321. The molecule has 0 saturated carbocycles. The van der Waals surface area contributed by atoms with Crippen LogP contribution in [0.15, 0.2) is 0 Å². The predicted octanol–water partition coefficient (Wildman–Crippen LogP) is -0.943. The Balaban J connectivity index is -0.0000000450. The second-order valence-electron chi connectivity index (χ2n) is 0.741. The monoisotopic (exact) mass is 121 g/mol. The third-order valence-electron chi connectivity index (χ3n) is 0. The van der Waals surface area contributed by atoms with E-state index in [1.165, 1.54) is 6.92 Å². The molecule has 6 heavy (non-hydrogen) atoms. The molecule has 4 heteroatoms. The van der Waals surface area contributed by atoms with Gasteiger partial charge in [0.15, 0.2) is 0 Å². The molecule has 0 spiro atoms. The third-order valence-corrected chi connectivity index (χ3v) is 0. The van der Waals surface area contributed by atoms with Crippen LogP contribution in [0.3, 0.4) is 0 Å². The van der Waals surface area contributed by atoms with E-state index in [9.17, 15) is 0 Å². The van der Waals surface area contributed by atoms with Crippen molar-refractivity contribution in [1.29, 1.82) is 0 Å². The zero-order valence-electron chi connectivity index (χ0n) is 3.01. The standard InChI is InChI=1S/C2H7NO.ClH.Na.H/c1-2(3)4;;;/h2,4H,3H2,1H3;1H;;. The molecule has 0 saturated heterocycles. The molecule has 1 atom stereocenters. The first-order valence-electron chi connectivity index (χ1n) is 1.17. The van der Waals surface area contributed by atoms with Gasteiger partial charge in [0.05, 0.1) is 6.23 Å². The van der Waals surface area contributed by atoms with Crippen molar-refractivity contribution in [3.8, 4) is 0 Å². The molecule has 36 valence electrons. The zero-order valence-corrected chi connectivity index (χ0v) is 3.83. The minimum absolute atomic E-state index is 0. The SMILES string of the molecule is CC(N)O.Cl.[NaH]. The average molecular weight is 122 g/mol. The van der Waals surface area contributed by atoms with Crippen molar-refractivity contribution >= 4 is 42.0 Å². The van der Waals surface area contributed by atoms with Crippen molar-refractivity contribution in [3.05, 3.63) is 0 Å². The van der Waals surface area contributed by atoms with Crippen LogP contribution < -0.4 is 5.73 Å². The molecule has 0 heterocycles. The molecule has 0 aliphatic carbocycles. The van der Waals surface area contributed by atoms with E-state index < -0.39 is 6.23 Å². The molecule has 0 aromatic heterocycles. The van der Waals surface area contributed by atoms with Gasteiger partial charge in [0.2, 0.25) is 0 Å². The Morgan fingerprint density at radius 1 is 1.67 bits per heavy atom. The molecule has 0 amide bonds. The second-order valence-corrected chi connectivity index (χ2v) is 0.741. The third kappa shape index (κ3) is 63.1. The molecule has 0 fully saturated rings. The molecule has 0 aliphatic rings. The van der Waals surface area contributed by atoms with Crippen molar-refractivity contribution in [3.63, 3.8) is 0 Å². The minimum atomic E-state index is -0.667. The van der Waals surface area contributed by atoms with Gasteiger partial charge in [-0.3, -0.25) is 0 Å². The maximum absolute atomic E-state index is 7.83. The van der Waals surface area contributed by atoms with E-state index in [2.05, 4.69) is 5.73 Å². The summed E-state index contributed by atoms with van der Waals surface area (Å²) in [6.45, 7) is 1.50. The van der Waals surface area contributed by atoms with Crippen LogP contribution >= 0.6 is 12.4 Å². The summed E-state index contributed by atoms with van der Waals surface area (Å²) in [5.74, 6) is 0. The van der Waals surface area contributed by atoms with Gasteiger partial charge >= 0.3 is 29.6 Å². The van der Waals surface area contributed by atoms with E-state index in [1.807, 2.05) is 0 Å². The molecule has 3 N–H and O–H groups in total. The van der Waals surface area contributed by atoms with E-state index >= 15 is 0 Å². The van der Waals surface area contributed by atoms with Crippen LogP contribution in [0, 0.1) is 0 Å². The first-order chi connectivity index (χ1) is 1.73. The van der Waals surface area contributed by atoms with E-state index in [0.29, 0.717) is 0 Å². The van der Waals surface area contributed by atoms with Gasteiger partial charge < -0.3 is 10.8 Å². The van der Waals surface area contributed by atoms with Gasteiger partial charge in [-0.1, -0.05) is 0 Å². The second kappa shape index (κ2) is 9.51. The average Bonchev–Trinajstić information content (AvgIpc) is 0.811. The van der Waals surface area contributed by atoms with Gasteiger partial charge in [-0.15, -0.1) is 12.4 Å². The number of halogens is 1. The van der Waals surface area contributed by atoms with Crippen molar-refractivity contribution in [2.45, 2.75) is 13.2 Å². The molecule has 0 rings (SSSR count). The fraction of sp³-hybridized carbons (Fsp3) is 1.00. The maximum atomic E-state index is 7.83. The summed E-state index contributed by atoms with van der Waals surface area (Å²) in [5, 5.41) is 7.83. The normalized spacial score (nSPS) is 10.5. The van der Waals surface area contributed by atoms with Crippen molar-refractivity contribution in [1.82, 2.24) is 0 Å². The number of aliphatic hydroxyl groups is 1. The fourth-order valence-electron chi connectivity index (χ4n) is 0. The number of nitrogens with two attached hydrogens (primary N) is 1. The molecule has 0 aromatic rings. The Bertz CT molecular complexity index is 18.3. The van der Waals surface area contributed by atoms with Gasteiger partial charge in [0, 0.05) is 0 Å². The topological polar surface area (TPSA) is 46.2 Å². The number of hydrogen-bond acceptors (Lipinski definition) is 2. The molecule has 0 radical (unpaired) electrons. The fourth-order valence-corrected chi connectivity index (χ4v) is 0. The molecule has 2 nitrogen and oxygen atoms in total.